The van der Waals surface area contributed by atoms with E-state index >= 15 is 0 Å². The number of esters is 1. The van der Waals surface area contributed by atoms with E-state index in [4.69, 9.17) is 21.4 Å². The first-order valence-corrected chi connectivity index (χ1v) is 10.2. The molecule has 2 aromatic carbocycles. The summed E-state index contributed by atoms with van der Waals surface area (Å²) in [5, 5.41) is 7.88. The number of halogens is 1. The predicted octanol–water partition coefficient (Wildman–Crippen LogP) is 4.97. The van der Waals surface area contributed by atoms with Gasteiger partial charge in [-0.3, -0.25) is 5.43 Å². The van der Waals surface area contributed by atoms with Crippen LogP contribution in [-0.2, 0) is 6.42 Å². The Balaban J connectivity index is 1.51. The minimum absolute atomic E-state index is 0.119. The van der Waals surface area contributed by atoms with Crippen LogP contribution in [0, 0.1) is 12.7 Å². The number of thiocarbonyl (C=S) groups is 1. The summed E-state index contributed by atoms with van der Waals surface area (Å²) in [6, 6.07) is 14.8. The zero-order chi connectivity index (χ0) is 21.8. The van der Waals surface area contributed by atoms with E-state index in [0.29, 0.717) is 22.9 Å². The van der Waals surface area contributed by atoms with Crippen LogP contribution in [-0.4, -0.2) is 16.8 Å². The topological polar surface area (TPSA) is 75.9 Å². The summed E-state index contributed by atoms with van der Waals surface area (Å²) in [6.07, 6.45) is 2.26. The highest BCUT2D eigenvalue weighted by molar-refractivity contribution is 7.80. The first-order chi connectivity index (χ1) is 15.0. The van der Waals surface area contributed by atoms with Crippen LogP contribution in [0.5, 0.6) is 5.75 Å². The van der Waals surface area contributed by atoms with Gasteiger partial charge in [-0.2, -0.15) is 5.10 Å². The van der Waals surface area contributed by atoms with Crippen molar-refractivity contribution in [2.24, 2.45) is 5.10 Å². The molecule has 0 saturated heterocycles. The number of nitrogens with one attached hydrogen (secondary N) is 2. The highest BCUT2D eigenvalue weighted by Gasteiger charge is 2.29. The number of rotatable bonds is 4. The minimum Gasteiger partial charge on any atom is -0.453 e. The molecule has 2 N–H and O–H groups in total. The average Bonchev–Trinajstić information content (AvgIpc) is 3.12. The summed E-state index contributed by atoms with van der Waals surface area (Å²) in [4.78, 5) is 12.6. The number of ether oxygens (including phenoxy) is 1. The molecule has 31 heavy (non-hydrogen) atoms. The molecular weight excluding hydrogens is 417 g/mol. The monoisotopic (exact) mass is 437 g/mol. The van der Waals surface area contributed by atoms with Gasteiger partial charge in [0.25, 0.3) is 0 Å². The van der Waals surface area contributed by atoms with Crippen molar-refractivity contribution < 1.29 is 18.3 Å². The van der Waals surface area contributed by atoms with Gasteiger partial charge in [0.2, 0.25) is 5.76 Å². The van der Waals surface area contributed by atoms with Gasteiger partial charge in [-0.05, 0) is 68.4 Å². The number of para-hydroxylation sites is 1. The molecule has 0 fully saturated rings. The molecule has 1 aliphatic rings. The van der Waals surface area contributed by atoms with E-state index in [0.717, 1.165) is 29.8 Å². The Kier molecular flexibility index (Phi) is 6.08. The number of aryl methyl sites for hydroxylation is 1. The van der Waals surface area contributed by atoms with Gasteiger partial charge in [-0.15, -0.1) is 0 Å². The predicted molar refractivity (Wildman–Crippen MR) is 120 cm³/mol. The van der Waals surface area contributed by atoms with Crippen LogP contribution in [0.25, 0.3) is 0 Å². The van der Waals surface area contributed by atoms with Gasteiger partial charge in [-0.1, -0.05) is 18.2 Å². The maximum atomic E-state index is 13.1. The number of furan rings is 1. The highest BCUT2D eigenvalue weighted by atomic mass is 32.1. The zero-order valence-electron chi connectivity index (χ0n) is 16.8. The fourth-order valence-corrected chi connectivity index (χ4v) is 3.59. The Bertz CT molecular complexity index is 1140. The Morgan fingerprint density at radius 1 is 1.13 bits per heavy atom. The van der Waals surface area contributed by atoms with E-state index in [2.05, 4.69) is 15.8 Å². The number of anilines is 1. The average molecular weight is 437 g/mol. The summed E-state index contributed by atoms with van der Waals surface area (Å²) in [5.41, 5.74) is 5.94. The van der Waals surface area contributed by atoms with Gasteiger partial charge in [-0.25, -0.2) is 9.18 Å². The second-order valence-electron chi connectivity index (χ2n) is 7.04. The van der Waals surface area contributed by atoms with E-state index in [9.17, 15) is 9.18 Å². The van der Waals surface area contributed by atoms with E-state index < -0.39 is 11.8 Å². The zero-order valence-corrected chi connectivity index (χ0v) is 17.6. The van der Waals surface area contributed by atoms with Crippen molar-refractivity contribution in [2.75, 3.05) is 5.32 Å². The smallest absolute Gasteiger partial charge is 0.379 e. The quantitative estimate of drug-likeness (QED) is 0.260. The molecule has 1 heterocycles. The summed E-state index contributed by atoms with van der Waals surface area (Å²) < 4.78 is 24.2. The third-order valence-corrected chi connectivity index (χ3v) is 5.05. The lowest BCUT2D eigenvalue weighted by Crippen LogP contribution is -2.26. The van der Waals surface area contributed by atoms with Crippen LogP contribution in [0.1, 0.15) is 40.3 Å². The molecule has 6 nitrogen and oxygen atoms in total. The Morgan fingerprint density at radius 3 is 2.61 bits per heavy atom. The fraction of sp³-hybridized carbons (Fsp3) is 0.174. The SMILES string of the molecule is Cc1c(C(=O)Oc2ccc(F)cc2)oc2c1/C(=N/NC(=S)Nc1ccccc1)CCC2. The number of carbonyl (C=O) groups excluding carboxylic acids is 1. The molecule has 0 bridgehead atoms. The molecule has 3 aromatic rings. The molecule has 4 rings (SSSR count). The maximum absolute atomic E-state index is 13.1. The second-order valence-corrected chi connectivity index (χ2v) is 7.45. The van der Waals surface area contributed by atoms with E-state index in [1.54, 1.807) is 6.92 Å². The lowest BCUT2D eigenvalue weighted by Gasteiger charge is -2.14. The summed E-state index contributed by atoms with van der Waals surface area (Å²) in [6.45, 7) is 1.80. The standard InChI is InChI=1S/C23H20FN3O3S/c1-14-20-18(26-27-23(31)25-16-6-3-2-4-7-16)8-5-9-19(20)30-21(14)22(28)29-17-12-10-15(24)11-13-17/h2-4,6-7,10-13H,5,8-9H2,1H3,(H2,25,27,31)/b26-18+. The van der Waals surface area contributed by atoms with Crippen LogP contribution >= 0.6 is 12.2 Å². The first kappa shape index (κ1) is 20.7. The van der Waals surface area contributed by atoms with Crippen molar-refractivity contribution in [3.8, 4) is 5.75 Å². The lowest BCUT2D eigenvalue weighted by molar-refractivity contribution is 0.0698. The molecule has 8 heteroatoms. The van der Waals surface area contributed by atoms with Gasteiger partial charge in [0.15, 0.2) is 5.11 Å². The highest BCUT2D eigenvalue weighted by Crippen LogP contribution is 2.30. The van der Waals surface area contributed by atoms with E-state index in [-0.39, 0.29) is 11.5 Å². The number of carbonyl (C=O) groups is 1. The molecule has 0 radical (unpaired) electrons. The molecule has 0 saturated carbocycles. The van der Waals surface area contributed by atoms with Crippen LogP contribution < -0.4 is 15.5 Å². The number of hydrogen-bond donors (Lipinski definition) is 2. The maximum Gasteiger partial charge on any atom is 0.379 e. The normalized spacial score (nSPS) is 14.1. The molecule has 0 amide bonds. The molecule has 1 aromatic heterocycles. The minimum atomic E-state index is -0.632. The molecule has 0 spiro atoms. The molecule has 1 aliphatic carbocycles. The van der Waals surface area contributed by atoms with E-state index in [1.165, 1.54) is 24.3 Å². The largest absolute Gasteiger partial charge is 0.453 e. The lowest BCUT2D eigenvalue weighted by atomic mass is 9.93. The number of hydrazone groups is 1. The van der Waals surface area contributed by atoms with Crippen molar-refractivity contribution in [3.05, 3.63) is 83.1 Å². The van der Waals surface area contributed by atoms with E-state index in [1.807, 2.05) is 30.3 Å². The van der Waals surface area contributed by atoms with Crippen molar-refractivity contribution >= 4 is 34.7 Å². The Labute approximate surface area is 184 Å². The van der Waals surface area contributed by atoms with Crippen LogP contribution in [0.2, 0.25) is 0 Å². The van der Waals surface area contributed by atoms with Crippen LogP contribution in [0.3, 0.4) is 0 Å². The van der Waals surface area contributed by atoms with Gasteiger partial charge in [0, 0.05) is 23.2 Å². The molecule has 0 atom stereocenters. The molecule has 0 unspecified atom stereocenters. The second kappa shape index (κ2) is 9.09. The third kappa shape index (κ3) is 4.80. The van der Waals surface area contributed by atoms with Crippen molar-refractivity contribution in [1.29, 1.82) is 0 Å². The summed E-state index contributed by atoms with van der Waals surface area (Å²) >= 11 is 5.31. The van der Waals surface area contributed by atoms with Gasteiger partial charge in [0.05, 0.1) is 5.71 Å². The number of hydrogen-bond acceptors (Lipinski definition) is 5. The number of nitrogens with zero attached hydrogens (tertiary/aromatic N) is 1. The fourth-order valence-electron chi connectivity index (χ4n) is 3.43. The van der Waals surface area contributed by atoms with Gasteiger partial charge < -0.3 is 14.5 Å². The first-order valence-electron chi connectivity index (χ1n) is 9.80. The molecule has 158 valence electrons. The van der Waals surface area contributed by atoms with Crippen molar-refractivity contribution in [1.82, 2.24) is 5.43 Å². The third-order valence-electron chi connectivity index (χ3n) is 4.86. The molecular formula is C23H20FN3O3S. The van der Waals surface area contributed by atoms with Crippen LogP contribution in [0.15, 0.2) is 64.1 Å². The Morgan fingerprint density at radius 2 is 1.87 bits per heavy atom. The molecule has 0 aliphatic heterocycles. The van der Waals surface area contributed by atoms with Crippen molar-refractivity contribution in [3.63, 3.8) is 0 Å². The van der Waals surface area contributed by atoms with Crippen LogP contribution in [0.4, 0.5) is 10.1 Å². The number of fused-ring (bicyclic) bond motifs is 1. The summed E-state index contributed by atoms with van der Waals surface area (Å²) in [7, 11) is 0. The summed E-state index contributed by atoms with van der Waals surface area (Å²) in [5.74, 6) is 0.0174. The Hall–Kier alpha value is -3.52. The number of benzene rings is 2. The van der Waals surface area contributed by atoms with Crippen molar-refractivity contribution in [2.45, 2.75) is 26.2 Å². The van der Waals surface area contributed by atoms with Gasteiger partial charge in [0.1, 0.15) is 17.3 Å². The van der Waals surface area contributed by atoms with Gasteiger partial charge >= 0.3 is 5.97 Å².